The molecule has 1 unspecified atom stereocenters. The van der Waals surface area contributed by atoms with Crippen molar-refractivity contribution in [2.24, 2.45) is 0 Å². The van der Waals surface area contributed by atoms with Gasteiger partial charge in [-0.25, -0.2) is 9.07 Å². The molecular weight excluding hydrogens is 301 g/mol. The first-order valence-electron chi connectivity index (χ1n) is 7.27. The topological polar surface area (TPSA) is 89.9 Å². The number of aliphatic hydroxyl groups is 1. The van der Waals surface area contributed by atoms with Gasteiger partial charge in [0.1, 0.15) is 12.4 Å². The monoisotopic (exact) mass is 317 g/mol. The second-order valence-electron chi connectivity index (χ2n) is 5.21. The molecule has 0 bridgehead atoms. The van der Waals surface area contributed by atoms with Gasteiger partial charge in [0, 0.05) is 11.6 Å². The highest BCUT2D eigenvalue weighted by Crippen LogP contribution is 2.27. The molecule has 2 aromatic heterocycles. The molecular formula is C15H16FN5O2. The van der Waals surface area contributed by atoms with Gasteiger partial charge in [-0.15, -0.1) is 5.10 Å². The van der Waals surface area contributed by atoms with Gasteiger partial charge in [-0.3, -0.25) is 0 Å². The van der Waals surface area contributed by atoms with Crippen LogP contribution in [0.5, 0.6) is 0 Å². The summed E-state index contributed by atoms with van der Waals surface area (Å²) in [6.45, 7) is 3.85. The number of halogens is 1. The summed E-state index contributed by atoms with van der Waals surface area (Å²) >= 11 is 0. The van der Waals surface area contributed by atoms with E-state index in [4.69, 9.17) is 4.52 Å². The van der Waals surface area contributed by atoms with Crippen LogP contribution < -0.4 is 0 Å². The molecule has 120 valence electrons. The molecule has 2 heterocycles. The zero-order valence-electron chi connectivity index (χ0n) is 12.8. The SMILES string of the molecule is CCc1cc(Cn2nnnc2-c2ccc(F)cc2C(C)O)on1. The van der Waals surface area contributed by atoms with Crippen molar-refractivity contribution in [3.05, 3.63) is 47.1 Å². The van der Waals surface area contributed by atoms with E-state index in [1.54, 1.807) is 13.0 Å². The molecule has 1 aromatic carbocycles. The minimum atomic E-state index is -0.845. The molecule has 1 N–H and O–H groups in total. The van der Waals surface area contributed by atoms with Gasteiger partial charge >= 0.3 is 0 Å². The van der Waals surface area contributed by atoms with Gasteiger partial charge in [0.2, 0.25) is 0 Å². The predicted octanol–water partition coefficient (Wildman–Crippen LogP) is 2.13. The molecule has 0 amide bonds. The molecule has 0 saturated carbocycles. The molecule has 0 radical (unpaired) electrons. The third kappa shape index (κ3) is 3.11. The lowest BCUT2D eigenvalue weighted by atomic mass is 10.0. The molecule has 8 heteroatoms. The van der Waals surface area contributed by atoms with Gasteiger partial charge in [0.15, 0.2) is 11.6 Å². The molecule has 0 spiro atoms. The van der Waals surface area contributed by atoms with Crippen molar-refractivity contribution in [3.8, 4) is 11.4 Å². The lowest BCUT2D eigenvalue weighted by molar-refractivity contribution is 0.199. The van der Waals surface area contributed by atoms with Gasteiger partial charge < -0.3 is 9.63 Å². The fourth-order valence-electron chi connectivity index (χ4n) is 2.33. The number of nitrogens with zero attached hydrogens (tertiary/aromatic N) is 5. The third-order valence-electron chi connectivity index (χ3n) is 3.51. The fourth-order valence-corrected chi connectivity index (χ4v) is 2.33. The van der Waals surface area contributed by atoms with Crippen LogP contribution in [0.3, 0.4) is 0 Å². The van der Waals surface area contributed by atoms with E-state index in [0.717, 1.165) is 12.1 Å². The highest BCUT2D eigenvalue weighted by atomic mass is 19.1. The van der Waals surface area contributed by atoms with E-state index < -0.39 is 11.9 Å². The Hall–Kier alpha value is -2.61. The van der Waals surface area contributed by atoms with Crippen molar-refractivity contribution in [1.29, 1.82) is 0 Å². The number of hydrogen-bond donors (Lipinski definition) is 1. The second-order valence-corrected chi connectivity index (χ2v) is 5.21. The van der Waals surface area contributed by atoms with E-state index in [-0.39, 0.29) is 0 Å². The van der Waals surface area contributed by atoms with Crippen LogP contribution in [0.1, 0.15) is 37.0 Å². The van der Waals surface area contributed by atoms with Crippen LogP contribution >= 0.6 is 0 Å². The normalized spacial score (nSPS) is 12.5. The van der Waals surface area contributed by atoms with E-state index in [1.165, 1.54) is 16.8 Å². The highest BCUT2D eigenvalue weighted by Gasteiger charge is 2.18. The van der Waals surface area contributed by atoms with Crippen molar-refractivity contribution in [2.75, 3.05) is 0 Å². The van der Waals surface area contributed by atoms with Gasteiger partial charge in [0.05, 0.1) is 11.8 Å². The zero-order valence-corrected chi connectivity index (χ0v) is 12.8. The number of aromatic nitrogens is 5. The average Bonchev–Trinajstić information content (AvgIpc) is 3.17. The summed E-state index contributed by atoms with van der Waals surface area (Å²) in [5, 5.41) is 25.4. The van der Waals surface area contributed by atoms with Gasteiger partial charge in [0.25, 0.3) is 0 Å². The first kappa shape index (κ1) is 15.3. The van der Waals surface area contributed by atoms with E-state index in [0.29, 0.717) is 29.3 Å². The third-order valence-corrected chi connectivity index (χ3v) is 3.51. The van der Waals surface area contributed by atoms with Crippen LogP contribution in [0.4, 0.5) is 4.39 Å². The van der Waals surface area contributed by atoms with E-state index in [2.05, 4.69) is 20.7 Å². The van der Waals surface area contributed by atoms with Crippen LogP contribution in [0, 0.1) is 5.82 Å². The Morgan fingerprint density at radius 1 is 1.35 bits per heavy atom. The summed E-state index contributed by atoms with van der Waals surface area (Å²) in [5.41, 5.74) is 1.84. The number of tetrazole rings is 1. The number of aliphatic hydroxyl groups excluding tert-OH is 1. The van der Waals surface area contributed by atoms with Crippen molar-refractivity contribution < 1.29 is 14.0 Å². The quantitative estimate of drug-likeness (QED) is 0.775. The molecule has 3 aromatic rings. The molecule has 0 fully saturated rings. The van der Waals surface area contributed by atoms with Crippen LogP contribution in [-0.4, -0.2) is 30.5 Å². The minimum Gasteiger partial charge on any atom is -0.389 e. The maximum Gasteiger partial charge on any atom is 0.182 e. The molecule has 0 saturated heterocycles. The summed E-state index contributed by atoms with van der Waals surface area (Å²) < 4.78 is 20.2. The Labute approximate surface area is 131 Å². The number of aryl methyl sites for hydroxylation is 1. The zero-order chi connectivity index (χ0) is 16.4. The summed E-state index contributed by atoms with van der Waals surface area (Å²) in [4.78, 5) is 0. The maximum atomic E-state index is 13.4. The molecule has 0 aliphatic heterocycles. The molecule has 1 atom stereocenters. The van der Waals surface area contributed by atoms with E-state index >= 15 is 0 Å². The van der Waals surface area contributed by atoms with Gasteiger partial charge in [-0.2, -0.15) is 0 Å². The predicted molar refractivity (Wildman–Crippen MR) is 78.8 cm³/mol. The molecule has 23 heavy (non-hydrogen) atoms. The minimum absolute atomic E-state index is 0.298. The summed E-state index contributed by atoms with van der Waals surface area (Å²) in [7, 11) is 0. The van der Waals surface area contributed by atoms with E-state index in [9.17, 15) is 9.50 Å². The van der Waals surface area contributed by atoms with Crippen LogP contribution in [0.25, 0.3) is 11.4 Å². The molecule has 7 nitrogen and oxygen atoms in total. The van der Waals surface area contributed by atoms with E-state index in [1.807, 2.05) is 13.0 Å². The smallest absolute Gasteiger partial charge is 0.182 e. The van der Waals surface area contributed by atoms with Crippen LogP contribution in [0.15, 0.2) is 28.8 Å². The van der Waals surface area contributed by atoms with Crippen LogP contribution in [-0.2, 0) is 13.0 Å². The first-order chi connectivity index (χ1) is 11.1. The summed E-state index contributed by atoms with van der Waals surface area (Å²) in [6.07, 6.45) is -0.0707. The molecule has 0 aliphatic rings. The number of benzene rings is 1. The maximum absolute atomic E-state index is 13.4. The Morgan fingerprint density at radius 2 is 2.17 bits per heavy atom. The largest absolute Gasteiger partial charge is 0.389 e. The van der Waals surface area contributed by atoms with Crippen molar-refractivity contribution >= 4 is 0 Å². The second kappa shape index (κ2) is 6.25. The molecule has 0 aliphatic carbocycles. The highest BCUT2D eigenvalue weighted by molar-refractivity contribution is 5.60. The lowest BCUT2D eigenvalue weighted by Crippen LogP contribution is -2.06. The fraction of sp³-hybridized carbons (Fsp3) is 0.333. The summed E-state index contributed by atoms with van der Waals surface area (Å²) in [5.74, 6) is 0.623. The van der Waals surface area contributed by atoms with Crippen LogP contribution in [0.2, 0.25) is 0 Å². The Morgan fingerprint density at radius 3 is 2.87 bits per heavy atom. The molecule has 3 rings (SSSR count). The Kier molecular flexibility index (Phi) is 4.16. The summed E-state index contributed by atoms with van der Waals surface area (Å²) in [6, 6.07) is 5.98. The van der Waals surface area contributed by atoms with Crippen molar-refractivity contribution in [2.45, 2.75) is 32.9 Å². The van der Waals surface area contributed by atoms with Crippen molar-refractivity contribution in [1.82, 2.24) is 25.4 Å². The lowest BCUT2D eigenvalue weighted by Gasteiger charge is -2.11. The Balaban J connectivity index is 1.98. The first-order valence-corrected chi connectivity index (χ1v) is 7.27. The van der Waals surface area contributed by atoms with Crippen molar-refractivity contribution in [3.63, 3.8) is 0 Å². The average molecular weight is 317 g/mol. The van der Waals surface area contributed by atoms with Gasteiger partial charge in [-0.05, 0) is 47.5 Å². The Bertz CT molecular complexity index is 812. The van der Waals surface area contributed by atoms with Gasteiger partial charge in [-0.1, -0.05) is 12.1 Å². The number of hydrogen-bond acceptors (Lipinski definition) is 6. The number of rotatable bonds is 5. The standard InChI is InChI=1S/C15H16FN5O2/c1-3-11-7-12(23-18-11)8-21-15(17-19-20-21)13-5-4-10(16)6-14(13)9(2)22/h4-7,9,22H,3,8H2,1-2H3.